The number of guanidine groups is 1. The van der Waals surface area contributed by atoms with E-state index in [9.17, 15) is 8.78 Å². The van der Waals surface area contributed by atoms with Crippen LogP contribution in [0.4, 0.5) is 8.78 Å². The first-order chi connectivity index (χ1) is 13.2. The van der Waals surface area contributed by atoms with Gasteiger partial charge in [0, 0.05) is 38.8 Å². The zero-order valence-corrected chi connectivity index (χ0v) is 19.1. The summed E-state index contributed by atoms with van der Waals surface area (Å²) in [5, 5.41) is 6.71. The molecule has 28 heavy (non-hydrogen) atoms. The fourth-order valence-electron chi connectivity index (χ4n) is 4.29. The predicted octanol–water partition coefficient (Wildman–Crippen LogP) is 4.09. The van der Waals surface area contributed by atoms with Gasteiger partial charge in [-0.3, -0.25) is 4.99 Å². The molecule has 1 aliphatic carbocycles. The molecule has 1 aliphatic heterocycles. The van der Waals surface area contributed by atoms with Crippen LogP contribution in [0.3, 0.4) is 0 Å². The summed E-state index contributed by atoms with van der Waals surface area (Å²) in [6, 6.07) is 4.79. The number of piperidine rings is 1. The minimum atomic E-state index is -0.404. The number of rotatable bonds is 5. The number of benzene rings is 1. The normalized spacial score (nSPS) is 19.9. The Bertz CT molecular complexity index is 627. The zero-order valence-electron chi connectivity index (χ0n) is 16.7. The van der Waals surface area contributed by atoms with Crippen molar-refractivity contribution in [3.05, 3.63) is 35.4 Å². The third kappa shape index (κ3) is 6.83. The molecule has 7 heteroatoms. The van der Waals surface area contributed by atoms with Gasteiger partial charge in [0.05, 0.1) is 0 Å². The number of hydrogen-bond donors (Lipinski definition) is 2. The third-order valence-corrected chi connectivity index (χ3v) is 5.88. The lowest BCUT2D eigenvalue weighted by Crippen LogP contribution is -2.51. The maximum Gasteiger partial charge on any atom is 0.191 e. The van der Waals surface area contributed by atoms with Crippen molar-refractivity contribution >= 4 is 29.9 Å². The van der Waals surface area contributed by atoms with E-state index in [1.807, 2.05) is 0 Å². The van der Waals surface area contributed by atoms with Crippen LogP contribution < -0.4 is 10.6 Å². The van der Waals surface area contributed by atoms with E-state index in [0.717, 1.165) is 44.0 Å². The molecular formula is C21H33F2IN4. The van der Waals surface area contributed by atoms with Crippen molar-refractivity contribution < 1.29 is 8.78 Å². The first-order valence-corrected chi connectivity index (χ1v) is 10.3. The van der Waals surface area contributed by atoms with Gasteiger partial charge in [0.1, 0.15) is 11.6 Å². The number of hydrogen-bond acceptors (Lipinski definition) is 2. The molecule has 0 aromatic heterocycles. The lowest BCUT2D eigenvalue weighted by atomic mass is 9.92. The van der Waals surface area contributed by atoms with Gasteiger partial charge in [-0.25, -0.2) is 8.78 Å². The van der Waals surface area contributed by atoms with E-state index in [1.165, 1.54) is 44.2 Å². The smallest absolute Gasteiger partial charge is 0.191 e. The standard InChI is InChI=1S/C21H32F2N4.HI/c1-24-21(25-12-9-16-15-17(22)7-8-20(16)23)26-18-10-13-27(14-11-18)19-5-3-2-4-6-19;/h7-8,15,18-19H,2-6,9-14H2,1H3,(H2,24,25,26);1H. The highest BCUT2D eigenvalue weighted by Crippen LogP contribution is 2.25. The molecular weight excluding hydrogens is 473 g/mol. The fourth-order valence-corrected chi connectivity index (χ4v) is 4.29. The second kappa shape index (κ2) is 11.9. The topological polar surface area (TPSA) is 39.7 Å². The van der Waals surface area contributed by atoms with Crippen molar-refractivity contribution in [1.82, 2.24) is 15.5 Å². The van der Waals surface area contributed by atoms with Gasteiger partial charge in [-0.15, -0.1) is 24.0 Å². The Morgan fingerprint density at radius 1 is 1.11 bits per heavy atom. The largest absolute Gasteiger partial charge is 0.356 e. The number of nitrogens with one attached hydrogen (secondary N) is 2. The molecule has 0 radical (unpaired) electrons. The van der Waals surface area contributed by atoms with Gasteiger partial charge in [0.2, 0.25) is 0 Å². The van der Waals surface area contributed by atoms with Crippen LogP contribution in [-0.2, 0) is 6.42 Å². The van der Waals surface area contributed by atoms with Crippen molar-refractivity contribution in [2.24, 2.45) is 4.99 Å². The monoisotopic (exact) mass is 506 g/mol. The Morgan fingerprint density at radius 3 is 2.50 bits per heavy atom. The SMILES string of the molecule is CN=C(NCCc1cc(F)ccc1F)NC1CCN(C2CCCCC2)CC1.I. The molecule has 0 unspecified atom stereocenters. The maximum absolute atomic E-state index is 13.7. The van der Waals surface area contributed by atoms with Crippen molar-refractivity contribution in [3.8, 4) is 0 Å². The molecule has 1 aromatic carbocycles. The highest BCUT2D eigenvalue weighted by molar-refractivity contribution is 14.0. The first-order valence-electron chi connectivity index (χ1n) is 10.3. The van der Waals surface area contributed by atoms with Gasteiger partial charge in [-0.1, -0.05) is 19.3 Å². The average Bonchev–Trinajstić information content (AvgIpc) is 2.71. The molecule has 1 aromatic rings. The van der Waals surface area contributed by atoms with Crippen molar-refractivity contribution in [1.29, 1.82) is 0 Å². The number of likely N-dealkylation sites (tertiary alicyclic amines) is 1. The molecule has 1 heterocycles. The van der Waals surface area contributed by atoms with Crippen molar-refractivity contribution in [2.75, 3.05) is 26.7 Å². The summed E-state index contributed by atoms with van der Waals surface area (Å²) in [5.41, 5.74) is 0.388. The van der Waals surface area contributed by atoms with Gasteiger partial charge in [-0.2, -0.15) is 0 Å². The molecule has 0 bridgehead atoms. The summed E-state index contributed by atoms with van der Waals surface area (Å²) >= 11 is 0. The van der Waals surface area contributed by atoms with Crippen molar-refractivity contribution in [2.45, 2.75) is 63.5 Å². The Kier molecular flexibility index (Phi) is 9.91. The summed E-state index contributed by atoms with van der Waals surface area (Å²) in [5.74, 6) is -0.0298. The number of aliphatic imine (C=N–C) groups is 1. The van der Waals surface area contributed by atoms with E-state index >= 15 is 0 Å². The molecule has 0 atom stereocenters. The predicted molar refractivity (Wildman–Crippen MR) is 121 cm³/mol. The van der Waals surface area contributed by atoms with Crippen LogP contribution in [0.2, 0.25) is 0 Å². The summed E-state index contributed by atoms with van der Waals surface area (Å²) in [4.78, 5) is 6.94. The Morgan fingerprint density at radius 2 is 1.82 bits per heavy atom. The third-order valence-electron chi connectivity index (χ3n) is 5.88. The van der Waals surface area contributed by atoms with Crippen LogP contribution in [-0.4, -0.2) is 49.6 Å². The van der Waals surface area contributed by atoms with Crippen LogP contribution in [0.1, 0.15) is 50.5 Å². The van der Waals surface area contributed by atoms with Gasteiger partial charge >= 0.3 is 0 Å². The highest BCUT2D eigenvalue weighted by Gasteiger charge is 2.26. The van der Waals surface area contributed by atoms with Crippen LogP contribution in [0.5, 0.6) is 0 Å². The van der Waals surface area contributed by atoms with Gasteiger partial charge in [0.25, 0.3) is 0 Å². The van der Waals surface area contributed by atoms with Gasteiger partial charge in [-0.05, 0) is 55.9 Å². The highest BCUT2D eigenvalue weighted by atomic mass is 127. The summed E-state index contributed by atoms with van der Waals surface area (Å²) in [7, 11) is 1.75. The molecule has 0 amide bonds. The van der Waals surface area contributed by atoms with Crippen LogP contribution >= 0.6 is 24.0 Å². The molecule has 1 saturated carbocycles. The minimum absolute atomic E-state index is 0. The average molecular weight is 506 g/mol. The lowest BCUT2D eigenvalue weighted by molar-refractivity contribution is 0.119. The van der Waals surface area contributed by atoms with Gasteiger partial charge < -0.3 is 15.5 Å². The molecule has 3 rings (SSSR count). The number of nitrogens with zero attached hydrogens (tertiary/aromatic N) is 2. The molecule has 2 N–H and O–H groups in total. The van der Waals surface area contributed by atoms with Crippen molar-refractivity contribution in [3.63, 3.8) is 0 Å². The molecule has 2 aliphatic rings. The van der Waals surface area contributed by atoms with Crippen LogP contribution in [0.25, 0.3) is 0 Å². The molecule has 1 saturated heterocycles. The summed E-state index contributed by atoms with van der Waals surface area (Å²) in [6.45, 7) is 2.81. The Balaban J connectivity index is 0.00000280. The maximum atomic E-state index is 13.7. The quantitative estimate of drug-likeness (QED) is 0.359. The second-order valence-electron chi connectivity index (χ2n) is 7.73. The molecule has 4 nitrogen and oxygen atoms in total. The van der Waals surface area contributed by atoms with E-state index in [-0.39, 0.29) is 29.8 Å². The summed E-state index contributed by atoms with van der Waals surface area (Å²) in [6.07, 6.45) is 9.54. The number of halogens is 3. The van der Waals surface area contributed by atoms with E-state index < -0.39 is 5.82 Å². The van der Waals surface area contributed by atoms with E-state index in [1.54, 1.807) is 7.05 Å². The second-order valence-corrected chi connectivity index (χ2v) is 7.73. The van der Waals surface area contributed by atoms with E-state index in [4.69, 9.17) is 0 Å². The minimum Gasteiger partial charge on any atom is -0.356 e. The molecule has 2 fully saturated rings. The fraction of sp³-hybridized carbons (Fsp3) is 0.667. The van der Waals surface area contributed by atoms with E-state index in [0.29, 0.717) is 24.6 Å². The van der Waals surface area contributed by atoms with Crippen LogP contribution in [0, 0.1) is 11.6 Å². The molecule has 158 valence electrons. The zero-order chi connectivity index (χ0) is 19.1. The Labute approximate surface area is 184 Å². The molecule has 0 spiro atoms. The first kappa shape index (κ1) is 23.3. The lowest BCUT2D eigenvalue weighted by Gasteiger charge is -2.39. The van der Waals surface area contributed by atoms with E-state index in [2.05, 4.69) is 20.5 Å². The van der Waals surface area contributed by atoms with Gasteiger partial charge in [0.15, 0.2) is 5.96 Å². The summed E-state index contributed by atoms with van der Waals surface area (Å²) < 4.78 is 26.9. The Hall–Kier alpha value is -0.960. The van der Waals surface area contributed by atoms with Crippen LogP contribution in [0.15, 0.2) is 23.2 Å².